The van der Waals surface area contributed by atoms with Crippen molar-refractivity contribution in [2.24, 2.45) is 0 Å². The second kappa shape index (κ2) is 6.43. The minimum absolute atomic E-state index is 0.00817. The molecule has 1 aliphatic rings. The Balaban J connectivity index is 1.69. The third-order valence-corrected chi connectivity index (χ3v) is 4.10. The van der Waals surface area contributed by atoms with E-state index in [9.17, 15) is 9.59 Å². The molecule has 0 spiro atoms. The number of nitrogens with one attached hydrogen (secondary N) is 1. The van der Waals surface area contributed by atoms with E-state index in [1.807, 2.05) is 37.3 Å². The van der Waals surface area contributed by atoms with E-state index in [1.165, 1.54) is 0 Å². The highest BCUT2D eigenvalue weighted by Gasteiger charge is 2.47. The number of benzene rings is 1. The molecule has 1 saturated heterocycles. The molecule has 7 nitrogen and oxygen atoms in total. The summed E-state index contributed by atoms with van der Waals surface area (Å²) in [4.78, 5) is 30.0. The summed E-state index contributed by atoms with van der Waals surface area (Å²) in [5.41, 5.74) is 0.217. The molecule has 0 saturated carbocycles. The molecule has 3 amide bonds. The number of hydrogen-bond donors (Lipinski definition) is 1. The first kappa shape index (κ1) is 16.2. The van der Waals surface area contributed by atoms with Gasteiger partial charge in [0.1, 0.15) is 12.1 Å². The van der Waals surface area contributed by atoms with Gasteiger partial charge in [-0.2, -0.15) is 4.98 Å². The lowest BCUT2D eigenvalue weighted by atomic mass is 9.96. The quantitative estimate of drug-likeness (QED) is 0.822. The van der Waals surface area contributed by atoms with Crippen molar-refractivity contribution in [3.8, 4) is 0 Å². The van der Waals surface area contributed by atoms with Gasteiger partial charge in [0.05, 0.1) is 0 Å². The Morgan fingerprint density at radius 1 is 1.25 bits per heavy atom. The van der Waals surface area contributed by atoms with Gasteiger partial charge in [0.2, 0.25) is 5.89 Å². The van der Waals surface area contributed by atoms with Crippen LogP contribution in [0.5, 0.6) is 0 Å². The van der Waals surface area contributed by atoms with Crippen LogP contribution in [0.1, 0.15) is 44.0 Å². The van der Waals surface area contributed by atoms with Crippen molar-refractivity contribution >= 4 is 11.9 Å². The normalized spacial score (nSPS) is 20.5. The van der Waals surface area contributed by atoms with E-state index in [-0.39, 0.29) is 18.3 Å². The average Bonchev–Trinajstić information content (AvgIpc) is 3.07. The molecular weight excluding hydrogens is 308 g/mol. The SMILES string of the molecule is CCCC1(C)NC(=O)N(Cc2nc(Cc3ccccc3)no2)C1=O. The van der Waals surface area contributed by atoms with E-state index in [1.54, 1.807) is 6.92 Å². The van der Waals surface area contributed by atoms with Crippen LogP contribution in [0.2, 0.25) is 0 Å². The molecule has 126 valence electrons. The lowest BCUT2D eigenvalue weighted by molar-refractivity contribution is -0.131. The molecule has 0 bridgehead atoms. The van der Waals surface area contributed by atoms with Crippen molar-refractivity contribution < 1.29 is 14.1 Å². The van der Waals surface area contributed by atoms with Gasteiger partial charge in [0, 0.05) is 6.42 Å². The van der Waals surface area contributed by atoms with E-state index in [0.29, 0.717) is 18.7 Å². The number of urea groups is 1. The molecule has 1 aromatic carbocycles. The summed E-state index contributed by atoms with van der Waals surface area (Å²) in [7, 11) is 0. The zero-order chi connectivity index (χ0) is 17.2. The monoisotopic (exact) mass is 328 g/mol. The second-order valence-electron chi connectivity index (χ2n) is 6.17. The van der Waals surface area contributed by atoms with Gasteiger partial charge in [-0.15, -0.1) is 0 Å². The Hall–Kier alpha value is -2.70. The Bertz CT molecular complexity index is 743. The van der Waals surface area contributed by atoms with Gasteiger partial charge in [0.25, 0.3) is 5.91 Å². The Morgan fingerprint density at radius 2 is 2.00 bits per heavy atom. The molecule has 1 fully saturated rings. The van der Waals surface area contributed by atoms with Gasteiger partial charge in [-0.25, -0.2) is 4.79 Å². The lowest BCUT2D eigenvalue weighted by Gasteiger charge is -2.20. The number of aromatic nitrogens is 2. The van der Waals surface area contributed by atoms with Crippen molar-refractivity contribution in [2.45, 2.75) is 45.2 Å². The maximum absolute atomic E-state index is 12.5. The van der Waals surface area contributed by atoms with Gasteiger partial charge in [0.15, 0.2) is 5.82 Å². The first-order valence-electron chi connectivity index (χ1n) is 8.01. The minimum atomic E-state index is -0.848. The summed E-state index contributed by atoms with van der Waals surface area (Å²) in [5.74, 6) is 0.530. The summed E-state index contributed by atoms with van der Waals surface area (Å²) in [6, 6.07) is 9.36. The number of carbonyl (C=O) groups is 2. The fraction of sp³-hybridized carbons (Fsp3) is 0.412. The Kier molecular flexibility index (Phi) is 4.33. The topological polar surface area (TPSA) is 88.3 Å². The van der Waals surface area contributed by atoms with Crippen molar-refractivity contribution in [3.05, 3.63) is 47.6 Å². The maximum atomic E-state index is 12.5. The highest BCUT2D eigenvalue weighted by atomic mass is 16.5. The van der Waals surface area contributed by atoms with Crippen LogP contribution in [0.4, 0.5) is 4.79 Å². The first-order chi connectivity index (χ1) is 11.5. The van der Waals surface area contributed by atoms with Crippen molar-refractivity contribution in [3.63, 3.8) is 0 Å². The van der Waals surface area contributed by atoms with Gasteiger partial charge in [-0.3, -0.25) is 9.69 Å². The predicted octanol–water partition coefficient (Wildman–Crippen LogP) is 2.27. The molecule has 3 rings (SSSR count). The molecule has 0 aliphatic carbocycles. The summed E-state index contributed by atoms with van der Waals surface area (Å²) < 4.78 is 5.19. The minimum Gasteiger partial charge on any atom is -0.337 e. The van der Waals surface area contributed by atoms with Gasteiger partial charge in [-0.05, 0) is 18.9 Å². The Morgan fingerprint density at radius 3 is 2.71 bits per heavy atom. The number of imide groups is 1. The smallest absolute Gasteiger partial charge is 0.325 e. The first-order valence-corrected chi connectivity index (χ1v) is 8.01. The zero-order valence-corrected chi connectivity index (χ0v) is 13.8. The predicted molar refractivity (Wildman–Crippen MR) is 85.9 cm³/mol. The molecule has 0 radical (unpaired) electrons. The fourth-order valence-electron chi connectivity index (χ4n) is 2.90. The van der Waals surface area contributed by atoms with Gasteiger partial charge >= 0.3 is 6.03 Å². The largest absolute Gasteiger partial charge is 0.337 e. The summed E-state index contributed by atoms with van der Waals surface area (Å²) in [5, 5.41) is 6.67. The number of carbonyl (C=O) groups excluding carboxylic acids is 2. The van der Waals surface area contributed by atoms with Crippen molar-refractivity contribution in [2.75, 3.05) is 0 Å². The van der Waals surface area contributed by atoms with Crippen LogP contribution < -0.4 is 5.32 Å². The van der Waals surface area contributed by atoms with E-state index >= 15 is 0 Å². The number of amides is 3. The molecule has 1 atom stereocenters. The van der Waals surface area contributed by atoms with Crippen LogP contribution >= 0.6 is 0 Å². The average molecular weight is 328 g/mol. The van der Waals surface area contributed by atoms with Crippen molar-refractivity contribution in [1.29, 1.82) is 0 Å². The van der Waals surface area contributed by atoms with Crippen molar-refractivity contribution in [1.82, 2.24) is 20.4 Å². The summed E-state index contributed by atoms with van der Waals surface area (Å²) in [6.07, 6.45) is 1.94. The highest BCUT2D eigenvalue weighted by Crippen LogP contribution is 2.24. The molecule has 24 heavy (non-hydrogen) atoms. The molecule has 1 unspecified atom stereocenters. The number of hydrogen-bond acceptors (Lipinski definition) is 5. The van der Waals surface area contributed by atoms with Crippen LogP contribution in [-0.2, 0) is 17.8 Å². The van der Waals surface area contributed by atoms with Crippen LogP contribution in [0.15, 0.2) is 34.9 Å². The highest BCUT2D eigenvalue weighted by molar-refractivity contribution is 6.06. The molecule has 1 aromatic heterocycles. The molecular formula is C17H20N4O3. The second-order valence-corrected chi connectivity index (χ2v) is 6.17. The van der Waals surface area contributed by atoms with Gasteiger partial charge in [-0.1, -0.05) is 48.8 Å². The van der Waals surface area contributed by atoms with E-state index in [2.05, 4.69) is 15.5 Å². The van der Waals surface area contributed by atoms with E-state index < -0.39 is 11.6 Å². The number of nitrogens with zero attached hydrogens (tertiary/aromatic N) is 3. The molecule has 1 N–H and O–H groups in total. The van der Waals surface area contributed by atoms with Crippen LogP contribution in [0.25, 0.3) is 0 Å². The standard InChI is InChI=1S/C17H20N4O3/c1-3-9-17(2)15(22)21(16(23)19-17)11-14-18-13(20-24-14)10-12-7-5-4-6-8-12/h4-8H,3,9-11H2,1-2H3,(H,19,23). The zero-order valence-electron chi connectivity index (χ0n) is 13.8. The van der Waals surface area contributed by atoms with E-state index in [4.69, 9.17) is 4.52 Å². The van der Waals surface area contributed by atoms with Gasteiger partial charge < -0.3 is 9.84 Å². The molecule has 2 heterocycles. The third-order valence-electron chi connectivity index (χ3n) is 4.10. The van der Waals surface area contributed by atoms with Crippen LogP contribution in [0, 0.1) is 0 Å². The number of rotatable bonds is 6. The van der Waals surface area contributed by atoms with Crippen LogP contribution in [-0.4, -0.2) is 32.5 Å². The maximum Gasteiger partial charge on any atom is 0.325 e. The third kappa shape index (κ3) is 3.15. The molecule has 2 aromatic rings. The molecule has 1 aliphatic heterocycles. The summed E-state index contributed by atoms with van der Waals surface area (Å²) >= 11 is 0. The molecule has 7 heteroatoms. The summed E-state index contributed by atoms with van der Waals surface area (Å²) in [6.45, 7) is 3.71. The van der Waals surface area contributed by atoms with E-state index in [0.717, 1.165) is 16.9 Å². The fourth-order valence-corrected chi connectivity index (χ4v) is 2.90. The van der Waals surface area contributed by atoms with Crippen LogP contribution in [0.3, 0.4) is 0 Å². The lowest BCUT2D eigenvalue weighted by Crippen LogP contribution is -2.43. The Labute approximate surface area is 140 Å².